The summed E-state index contributed by atoms with van der Waals surface area (Å²) >= 11 is 0. The van der Waals surface area contributed by atoms with Crippen LogP contribution in [0.3, 0.4) is 0 Å². The van der Waals surface area contributed by atoms with E-state index in [1.54, 1.807) is 47.1 Å². The van der Waals surface area contributed by atoms with E-state index in [9.17, 15) is 23.1 Å². The third kappa shape index (κ3) is 9.45. The summed E-state index contributed by atoms with van der Waals surface area (Å²) in [7, 11) is -2.06. The number of likely N-dealkylation sites (N-methyl/N-ethyl adjacent to an activating group) is 1. The van der Waals surface area contributed by atoms with Crippen molar-refractivity contribution < 1.29 is 32.6 Å². The number of aliphatic hydroxyl groups excluding tert-OH is 1. The molecule has 1 fully saturated rings. The number of ether oxygens (including phenoxy) is 2. The van der Waals surface area contributed by atoms with E-state index in [0.29, 0.717) is 18.9 Å². The molecule has 2 aromatic carbocycles. The Balaban J connectivity index is 1.63. The van der Waals surface area contributed by atoms with Crippen molar-refractivity contribution in [3.63, 3.8) is 0 Å². The van der Waals surface area contributed by atoms with Crippen LogP contribution in [0.25, 0.3) is 0 Å². The van der Waals surface area contributed by atoms with E-state index in [-0.39, 0.29) is 65.2 Å². The molecule has 0 aromatic heterocycles. The number of aliphatic hydroxyl groups is 1. The summed E-state index contributed by atoms with van der Waals surface area (Å²) in [5.74, 6) is -0.0153. The lowest BCUT2D eigenvalue weighted by atomic mass is 9.88. The third-order valence-electron chi connectivity index (χ3n) is 9.14. The van der Waals surface area contributed by atoms with Crippen molar-refractivity contribution in [2.75, 3.05) is 38.1 Å². The highest BCUT2D eigenvalue weighted by Gasteiger charge is 2.32. The zero-order valence-electron chi connectivity index (χ0n) is 27.7. The Hall–Kier alpha value is -3.15. The SMILES string of the molecule is C[C@@H]1CCCCO[C@@H](CN(C)C(=O)C2CCCCC2)[C@H](C)CN([C@H](C)CO)C(=O)c2cc(NS(=O)(=O)c3ccccc3)ccc2O1. The Morgan fingerprint density at radius 2 is 1.74 bits per heavy atom. The maximum atomic E-state index is 14.3. The summed E-state index contributed by atoms with van der Waals surface area (Å²) in [6.07, 6.45) is 7.05. The molecule has 254 valence electrons. The molecule has 11 heteroatoms. The van der Waals surface area contributed by atoms with E-state index in [1.165, 1.54) is 24.6 Å². The molecule has 4 atom stereocenters. The fourth-order valence-electron chi connectivity index (χ4n) is 6.28. The molecule has 2 amide bonds. The quantitative estimate of drug-likeness (QED) is 0.394. The van der Waals surface area contributed by atoms with Crippen molar-refractivity contribution in [1.29, 1.82) is 0 Å². The first-order valence-corrected chi connectivity index (χ1v) is 18.2. The van der Waals surface area contributed by atoms with E-state index < -0.39 is 16.1 Å². The predicted octanol–water partition coefficient (Wildman–Crippen LogP) is 5.32. The number of fused-ring (bicyclic) bond motifs is 1. The lowest BCUT2D eigenvalue weighted by Gasteiger charge is -2.36. The second-order valence-corrected chi connectivity index (χ2v) is 14.7. The van der Waals surface area contributed by atoms with Crippen molar-refractivity contribution in [2.45, 2.75) is 95.3 Å². The number of carbonyl (C=O) groups is 2. The molecular weight excluding hydrogens is 606 g/mol. The van der Waals surface area contributed by atoms with Crippen LogP contribution < -0.4 is 9.46 Å². The van der Waals surface area contributed by atoms with Crippen LogP contribution in [0.2, 0.25) is 0 Å². The molecule has 46 heavy (non-hydrogen) atoms. The lowest BCUT2D eigenvalue weighted by Crippen LogP contribution is -2.48. The monoisotopic (exact) mass is 657 g/mol. The Bertz CT molecular complexity index is 1400. The van der Waals surface area contributed by atoms with Gasteiger partial charge in [-0.1, -0.05) is 44.4 Å². The van der Waals surface area contributed by atoms with Crippen LogP contribution in [-0.4, -0.2) is 86.7 Å². The molecule has 10 nitrogen and oxygen atoms in total. The fraction of sp³-hybridized carbons (Fsp3) is 0.600. The van der Waals surface area contributed by atoms with Gasteiger partial charge < -0.3 is 24.4 Å². The van der Waals surface area contributed by atoms with Gasteiger partial charge in [-0.15, -0.1) is 0 Å². The van der Waals surface area contributed by atoms with Gasteiger partial charge in [-0.2, -0.15) is 0 Å². The third-order valence-corrected chi connectivity index (χ3v) is 10.5. The number of sulfonamides is 1. The number of rotatable bonds is 8. The lowest BCUT2D eigenvalue weighted by molar-refractivity contribution is -0.137. The summed E-state index contributed by atoms with van der Waals surface area (Å²) in [6, 6.07) is 12.2. The minimum Gasteiger partial charge on any atom is -0.490 e. The van der Waals surface area contributed by atoms with Gasteiger partial charge in [0.2, 0.25) is 5.91 Å². The van der Waals surface area contributed by atoms with Crippen molar-refractivity contribution in [2.24, 2.45) is 11.8 Å². The molecule has 1 aliphatic heterocycles. The highest BCUT2D eigenvalue weighted by molar-refractivity contribution is 7.92. The first kappa shape index (κ1) is 35.7. The first-order chi connectivity index (χ1) is 22.0. The van der Waals surface area contributed by atoms with Gasteiger partial charge in [0.15, 0.2) is 0 Å². The van der Waals surface area contributed by atoms with E-state index in [1.807, 2.05) is 20.9 Å². The zero-order chi connectivity index (χ0) is 33.3. The van der Waals surface area contributed by atoms with Crippen LogP contribution in [0.1, 0.15) is 82.5 Å². The van der Waals surface area contributed by atoms with Gasteiger partial charge in [0, 0.05) is 44.3 Å². The Morgan fingerprint density at radius 3 is 2.43 bits per heavy atom. The second kappa shape index (κ2) is 16.6. The molecule has 2 N–H and O–H groups in total. The minimum atomic E-state index is -3.90. The summed E-state index contributed by atoms with van der Waals surface area (Å²) in [4.78, 5) is 31.1. The molecule has 1 heterocycles. The molecule has 1 aliphatic carbocycles. The molecule has 0 radical (unpaired) electrons. The van der Waals surface area contributed by atoms with Crippen molar-refractivity contribution >= 4 is 27.5 Å². The molecular formula is C35H51N3O7S. The number of nitrogens with zero attached hydrogens (tertiary/aromatic N) is 2. The molecule has 2 aliphatic rings. The van der Waals surface area contributed by atoms with Crippen LogP contribution in [0.15, 0.2) is 53.4 Å². The maximum absolute atomic E-state index is 14.3. The molecule has 0 saturated heterocycles. The predicted molar refractivity (Wildman–Crippen MR) is 178 cm³/mol. The molecule has 2 aromatic rings. The fourth-order valence-corrected chi connectivity index (χ4v) is 7.35. The highest BCUT2D eigenvalue weighted by atomic mass is 32.2. The van der Waals surface area contributed by atoms with Crippen molar-refractivity contribution in [3.8, 4) is 5.75 Å². The van der Waals surface area contributed by atoms with Gasteiger partial charge in [-0.3, -0.25) is 14.3 Å². The molecule has 4 rings (SSSR count). The first-order valence-electron chi connectivity index (χ1n) is 16.7. The maximum Gasteiger partial charge on any atom is 0.261 e. The van der Waals surface area contributed by atoms with Crippen molar-refractivity contribution in [3.05, 3.63) is 54.1 Å². The molecule has 0 unspecified atom stereocenters. The average molecular weight is 658 g/mol. The molecule has 0 spiro atoms. The van der Waals surface area contributed by atoms with E-state index in [4.69, 9.17) is 9.47 Å². The van der Waals surface area contributed by atoms with Gasteiger partial charge in [-0.05, 0) is 76.3 Å². The standard InChI is InChI=1S/C35H51N3O7S/c1-25-22-38(26(2)24-39)35(41)31-21-29(36-46(42,43)30-16-9-6-10-17-30)18-19-32(31)45-27(3)13-11-12-20-44-33(25)23-37(4)34(40)28-14-7-5-8-15-28/h6,9-10,16-19,21,25-28,33,36,39H,5,7-8,11-15,20,22-24H2,1-4H3/t25-,26-,27-,33+/m1/s1. The van der Waals surface area contributed by atoms with Crippen LogP contribution in [0.4, 0.5) is 5.69 Å². The Labute approximate surface area is 274 Å². The zero-order valence-corrected chi connectivity index (χ0v) is 28.5. The largest absolute Gasteiger partial charge is 0.490 e. The Morgan fingerprint density at radius 1 is 1.04 bits per heavy atom. The Kier molecular flexibility index (Phi) is 12.9. The molecule has 0 bridgehead atoms. The van der Waals surface area contributed by atoms with Crippen molar-refractivity contribution in [1.82, 2.24) is 9.80 Å². The van der Waals surface area contributed by atoms with Crippen LogP contribution in [0.5, 0.6) is 5.75 Å². The summed E-state index contributed by atoms with van der Waals surface area (Å²) in [5, 5.41) is 10.2. The number of amides is 2. The summed E-state index contributed by atoms with van der Waals surface area (Å²) in [6.45, 7) is 6.64. The van der Waals surface area contributed by atoms with Gasteiger partial charge in [0.1, 0.15) is 5.75 Å². The van der Waals surface area contributed by atoms with Gasteiger partial charge in [0.05, 0.1) is 35.3 Å². The van der Waals surface area contributed by atoms with E-state index >= 15 is 0 Å². The van der Waals surface area contributed by atoms with E-state index in [2.05, 4.69) is 4.72 Å². The van der Waals surface area contributed by atoms with Gasteiger partial charge in [0.25, 0.3) is 15.9 Å². The van der Waals surface area contributed by atoms with Crippen LogP contribution in [-0.2, 0) is 19.6 Å². The number of hydrogen-bond donors (Lipinski definition) is 2. The normalized spacial score (nSPS) is 23.0. The number of nitrogens with one attached hydrogen (secondary N) is 1. The number of anilines is 1. The van der Waals surface area contributed by atoms with Gasteiger partial charge in [-0.25, -0.2) is 8.42 Å². The second-order valence-electron chi connectivity index (χ2n) is 13.0. The number of carbonyl (C=O) groups excluding carboxylic acids is 2. The summed E-state index contributed by atoms with van der Waals surface area (Å²) < 4.78 is 41.5. The molecule has 1 saturated carbocycles. The summed E-state index contributed by atoms with van der Waals surface area (Å²) in [5.41, 5.74) is 0.425. The average Bonchev–Trinajstić information content (AvgIpc) is 3.06. The van der Waals surface area contributed by atoms with Gasteiger partial charge >= 0.3 is 0 Å². The smallest absolute Gasteiger partial charge is 0.261 e. The van der Waals surface area contributed by atoms with Crippen LogP contribution >= 0.6 is 0 Å². The van der Waals surface area contributed by atoms with E-state index in [0.717, 1.165) is 44.9 Å². The number of hydrogen-bond acceptors (Lipinski definition) is 7. The number of benzene rings is 2. The highest BCUT2D eigenvalue weighted by Crippen LogP contribution is 2.30. The van der Waals surface area contributed by atoms with Crippen LogP contribution in [0, 0.1) is 11.8 Å². The minimum absolute atomic E-state index is 0.0477. The topological polar surface area (TPSA) is 125 Å².